The van der Waals surface area contributed by atoms with Crippen molar-refractivity contribution >= 4 is 34.4 Å². The molecule has 1 heterocycles. The van der Waals surface area contributed by atoms with E-state index in [1.54, 1.807) is 0 Å². The van der Waals surface area contributed by atoms with Crippen LogP contribution in [0.2, 0.25) is 5.02 Å². The molecule has 1 aliphatic rings. The van der Waals surface area contributed by atoms with E-state index in [1.165, 1.54) is 38.1 Å². The third kappa shape index (κ3) is 3.02. The fraction of sp³-hybridized carbons (Fsp3) is 0.304. The Labute approximate surface area is 181 Å². The predicted octanol–water partition coefficient (Wildman–Crippen LogP) is 5.42. The maximum Gasteiger partial charge on any atom is 0.314 e. The molecule has 0 bridgehead atoms. The molecule has 1 atom stereocenters. The van der Waals surface area contributed by atoms with Crippen LogP contribution in [0, 0.1) is 24.5 Å². The van der Waals surface area contributed by atoms with Crippen LogP contribution in [0.5, 0.6) is 5.75 Å². The van der Waals surface area contributed by atoms with Crippen molar-refractivity contribution in [3.63, 3.8) is 0 Å². The highest BCUT2D eigenvalue weighted by Gasteiger charge is 2.49. The normalized spacial score (nSPS) is 16.2. The Morgan fingerprint density at radius 3 is 2.32 bits per heavy atom. The maximum atomic E-state index is 15.2. The molecule has 8 heteroatoms. The summed E-state index contributed by atoms with van der Waals surface area (Å²) in [4.78, 5) is 25.8. The van der Waals surface area contributed by atoms with Crippen molar-refractivity contribution in [2.24, 2.45) is 5.92 Å². The van der Waals surface area contributed by atoms with Gasteiger partial charge in [0.05, 0.1) is 10.9 Å². The lowest BCUT2D eigenvalue weighted by molar-refractivity contribution is -0.146. The number of aromatic nitrogens is 1. The molecule has 2 aromatic carbocycles. The highest BCUT2D eigenvalue weighted by atomic mass is 35.5. The number of rotatable bonds is 4. The first kappa shape index (κ1) is 21.3. The number of hydrogen-bond donors (Lipinski definition) is 2. The Morgan fingerprint density at radius 1 is 1.19 bits per heavy atom. The minimum atomic E-state index is -1.52. The number of aromatic hydroxyl groups is 1. The highest BCUT2D eigenvalue weighted by molar-refractivity contribution is 6.30. The van der Waals surface area contributed by atoms with E-state index in [0.29, 0.717) is 17.9 Å². The Hall–Kier alpha value is -2.93. The second-order valence-electron chi connectivity index (χ2n) is 8.16. The van der Waals surface area contributed by atoms with Crippen LogP contribution in [0.15, 0.2) is 30.3 Å². The Bertz CT molecular complexity index is 1230. The molecule has 0 amide bonds. The molecule has 3 aromatic rings. The number of fused-ring (bicyclic) bond motifs is 1. The lowest BCUT2D eigenvalue weighted by Gasteiger charge is -2.40. The number of phenolic OH excluding ortho intramolecular Hbond substituents is 1. The molecular formula is C23H20ClF2NO4. The molecule has 4 rings (SSSR count). The molecule has 0 radical (unpaired) electrons. The van der Waals surface area contributed by atoms with Gasteiger partial charge in [-0.25, -0.2) is 8.78 Å². The molecule has 0 aliphatic heterocycles. The fourth-order valence-corrected chi connectivity index (χ4v) is 4.70. The van der Waals surface area contributed by atoms with E-state index in [0.717, 1.165) is 17.1 Å². The summed E-state index contributed by atoms with van der Waals surface area (Å²) < 4.78 is 30.6. The van der Waals surface area contributed by atoms with Crippen molar-refractivity contribution in [2.45, 2.75) is 38.5 Å². The maximum absolute atomic E-state index is 15.2. The van der Waals surface area contributed by atoms with Crippen LogP contribution in [0.1, 0.15) is 47.8 Å². The summed E-state index contributed by atoms with van der Waals surface area (Å²) in [6.07, 6.45) is 2.11. The van der Waals surface area contributed by atoms with Crippen LogP contribution in [0.3, 0.4) is 0 Å². The molecule has 1 aliphatic carbocycles. The topological polar surface area (TPSA) is 79.5 Å². The minimum absolute atomic E-state index is 0.0785. The first-order valence-corrected chi connectivity index (χ1v) is 10.2. The van der Waals surface area contributed by atoms with Crippen LogP contribution in [-0.4, -0.2) is 26.7 Å². The summed E-state index contributed by atoms with van der Waals surface area (Å²) >= 11 is 5.89. The molecule has 5 nitrogen and oxygen atoms in total. The standard InChI is InChI=1S/C23H20ClF2NO4/c1-11-18(23(2,22(30)31)13-4-3-5-13)17-16(10-15(25)20(28)19(17)26)27(11)21(29)12-6-8-14(24)9-7-12/h6-10,13,28H,3-5H2,1-2H3,(H,30,31)/t23-/m1/s1. The van der Waals surface area contributed by atoms with Gasteiger partial charge < -0.3 is 10.2 Å². The third-order valence-corrected chi connectivity index (χ3v) is 6.79. The predicted molar refractivity (Wildman–Crippen MR) is 112 cm³/mol. The Kier molecular flexibility index (Phi) is 5.04. The summed E-state index contributed by atoms with van der Waals surface area (Å²) in [5, 5.41) is 20.2. The van der Waals surface area contributed by atoms with E-state index in [-0.39, 0.29) is 33.6 Å². The number of carboxylic acids is 1. The average Bonchev–Trinajstić information content (AvgIpc) is 2.97. The van der Waals surface area contributed by atoms with Crippen molar-refractivity contribution in [3.8, 4) is 5.75 Å². The van der Waals surface area contributed by atoms with Crippen molar-refractivity contribution in [3.05, 3.63) is 63.8 Å². The number of carboxylic acid groups (broad SMARTS) is 1. The third-order valence-electron chi connectivity index (χ3n) is 6.54. The number of halogens is 3. The smallest absolute Gasteiger partial charge is 0.314 e. The number of benzene rings is 2. The molecule has 1 fully saturated rings. The molecule has 162 valence electrons. The second kappa shape index (κ2) is 7.34. The van der Waals surface area contributed by atoms with E-state index < -0.39 is 34.7 Å². The van der Waals surface area contributed by atoms with E-state index >= 15 is 4.39 Å². The number of hydrogen-bond acceptors (Lipinski definition) is 3. The molecule has 0 saturated heterocycles. The zero-order chi connectivity index (χ0) is 22.7. The van der Waals surface area contributed by atoms with Crippen LogP contribution >= 0.6 is 11.6 Å². The number of phenols is 1. The van der Waals surface area contributed by atoms with Gasteiger partial charge in [0.2, 0.25) is 0 Å². The molecule has 1 aromatic heterocycles. The van der Waals surface area contributed by atoms with E-state index in [2.05, 4.69) is 0 Å². The molecule has 0 spiro atoms. The molecular weight excluding hydrogens is 428 g/mol. The van der Waals surface area contributed by atoms with E-state index in [4.69, 9.17) is 11.6 Å². The summed E-state index contributed by atoms with van der Waals surface area (Å²) in [6, 6.07) is 6.84. The van der Waals surface area contributed by atoms with Gasteiger partial charge in [-0.1, -0.05) is 18.0 Å². The van der Waals surface area contributed by atoms with Gasteiger partial charge in [0.15, 0.2) is 17.4 Å². The minimum Gasteiger partial charge on any atom is -0.503 e. The van der Waals surface area contributed by atoms with Crippen molar-refractivity contribution in [1.82, 2.24) is 4.57 Å². The first-order valence-electron chi connectivity index (χ1n) is 9.85. The first-order chi connectivity index (χ1) is 14.6. The summed E-state index contributed by atoms with van der Waals surface area (Å²) in [7, 11) is 0. The van der Waals surface area contributed by atoms with E-state index in [9.17, 15) is 24.2 Å². The molecule has 0 unspecified atom stereocenters. The summed E-state index contributed by atoms with van der Waals surface area (Å²) in [6.45, 7) is 3.01. The number of carbonyl (C=O) groups excluding carboxylic acids is 1. The van der Waals surface area contributed by atoms with Crippen LogP contribution in [0.4, 0.5) is 8.78 Å². The molecule has 31 heavy (non-hydrogen) atoms. The van der Waals surface area contributed by atoms with Crippen molar-refractivity contribution < 1.29 is 28.6 Å². The lowest BCUT2D eigenvalue weighted by atomic mass is 9.62. The zero-order valence-electron chi connectivity index (χ0n) is 16.9. The highest BCUT2D eigenvalue weighted by Crippen LogP contribution is 2.49. The van der Waals surface area contributed by atoms with Gasteiger partial charge in [-0.2, -0.15) is 0 Å². The van der Waals surface area contributed by atoms with Crippen LogP contribution in [-0.2, 0) is 10.2 Å². The second-order valence-corrected chi connectivity index (χ2v) is 8.59. The summed E-state index contributed by atoms with van der Waals surface area (Å²) in [5.41, 5.74) is -1.17. The monoisotopic (exact) mass is 447 g/mol. The number of aliphatic carboxylic acids is 1. The Balaban J connectivity index is 2.09. The molecule has 1 saturated carbocycles. The van der Waals surface area contributed by atoms with Gasteiger partial charge in [0.1, 0.15) is 0 Å². The quantitative estimate of drug-likeness (QED) is 0.559. The fourth-order valence-electron chi connectivity index (χ4n) is 4.57. The van der Waals surface area contributed by atoms with Gasteiger partial charge >= 0.3 is 5.97 Å². The van der Waals surface area contributed by atoms with Gasteiger partial charge in [-0.05, 0) is 56.9 Å². The van der Waals surface area contributed by atoms with E-state index in [1.807, 2.05) is 0 Å². The SMILES string of the molecule is Cc1c([C@](C)(C(=O)O)C2CCC2)c2c(F)c(O)c(F)cc2n1C(=O)c1ccc(Cl)cc1. The van der Waals surface area contributed by atoms with Gasteiger partial charge in [-0.3, -0.25) is 14.2 Å². The van der Waals surface area contributed by atoms with Crippen LogP contribution < -0.4 is 0 Å². The Morgan fingerprint density at radius 2 is 1.81 bits per heavy atom. The number of carbonyl (C=O) groups is 2. The van der Waals surface area contributed by atoms with Crippen LogP contribution in [0.25, 0.3) is 10.9 Å². The van der Waals surface area contributed by atoms with Crippen molar-refractivity contribution in [2.75, 3.05) is 0 Å². The number of nitrogens with zero attached hydrogens (tertiary/aromatic N) is 1. The average molecular weight is 448 g/mol. The van der Waals surface area contributed by atoms with Crippen molar-refractivity contribution in [1.29, 1.82) is 0 Å². The van der Waals surface area contributed by atoms with Gasteiger partial charge in [0.25, 0.3) is 5.91 Å². The summed E-state index contributed by atoms with van der Waals surface area (Å²) in [5.74, 6) is -5.74. The lowest BCUT2D eigenvalue weighted by Crippen LogP contribution is -2.44. The largest absolute Gasteiger partial charge is 0.503 e. The van der Waals surface area contributed by atoms with Gasteiger partial charge in [-0.15, -0.1) is 0 Å². The zero-order valence-corrected chi connectivity index (χ0v) is 17.6. The molecule has 2 N–H and O–H groups in total. The van der Waals surface area contributed by atoms with Gasteiger partial charge in [0, 0.05) is 33.3 Å².